The van der Waals surface area contributed by atoms with Crippen molar-refractivity contribution in [1.29, 1.82) is 0 Å². The van der Waals surface area contributed by atoms with Crippen LogP contribution in [0.1, 0.15) is 57.4 Å². The van der Waals surface area contributed by atoms with E-state index in [2.05, 4.69) is 58.0 Å². The largest absolute Gasteiger partial charge is 0.492 e. The lowest BCUT2D eigenvalue weighted by atomic mass is 10.1. The first kappa shape index (κ1) is 18.3. The molecule has 0 bridgehead atoms. The molecule has 4 heteroatoms. The van der Waals surface area contributed by atoms with Gasteiger partial charge in [-0.3, -0.25) is 4.99 Å². The van der Waals surface area contributed by atoms with Crippen molar-refractivity contribution in [1.82, 2.24) is 4.90 Å². The highest BCUT2D eigenvalue weighted by atomic mass is 79.9. The highest BCUT2D eigenvalue weighted by molar-refractivity contribution is 9.10. The van der Waals surface area contributed by atoms with Crippen LogP contribution < -0.4 is 4.74 Å². The summed E-state index contributed by atoms with van der Waals surface area (Å²) in [4.78, 5) is 6.75. The summed E-state index contributed by atoms with van der Waals surface area (Å²) in [7, 11) is 2.09. The van der Waals surface area contributed by atoms with E-state index in [0.717, 1.165) is 47.7 Å². The summed E-state index contributed by atoms with van der Waals surface area (Å²) in [6.45, 7) is 4.95. The van der Waals surface area contributed by atoms with E-state index in [0.29, 0.717) is 0 Å². The van der Waals surface area contributed by atoms with E-state index < -0.39 is 0 Å². The van der Waals surface area contributed by atoms with Gasteiger partial charge in [-0.1, -0.05) is 45.4 Å². The van der Waals surface area contributed by atoms with Crippen molar-refractivity contribution in [2.75, 3.05) is 26.7 Å². The van der Waals surface area contributed by atoms with Crippen LogP contribution in [0.25, 0.3) is 0 Å². The summed E-state index contributed by atoms with van der Waals surface area (Å²) in [5.41, 5.74) is 1.15. The van der Waals surface area contributed by atoms with Crippen LogP contribution in [-0.4, -0.2) is 37.5 Å². The Hall–Kier alpha value is -1.03. The van der Waals surface area contributed by atoms with Crippen LogP contribution in [0.3, 0.4) is 0 Å². The molecule has 128 valence electrons. The van der Waals surface area contributed by atoms with E-state index in [1.165, 1.54) is 38.5 Å². The molecule has 0 fully saturated rings. The lowest BCUT2D eigenvalue weighted by Crippen LogP contribution is -2.23. The molecule has 0 aliphatic carbocycles. The molecule has 1 aromatic rings. The van der Waals surface area contributed by atoms with Gasteiger partial charge in [0.25, 0.3) is 0 Å². The molecule has 1 aliphatic rings. The Morgan fingerprint density at radius 3 is 2.52 bits per heavy atom. The van der Waals surface area contributed by atoms with Crippen LogP contribution in [-0.2, 0) is 0 Å². The smallest absolute Gasteiger partial charge is 0.133 e. The third-order valence-electron chi connectivity index (χ3n) is 4.25. The minimum absolute atomic E-state index is 0.798. The Morgan fingerprint density at radius 2 is 1.87 bits per heavy atom. The van der Waals surface area contributed by atoms with Gasteiger partial charge >= 0.3 is 0 Å². The minimum Gasteiger partial charge on any atom is -0.492 e. The van der Waals surface area contributed by atoms with Gasteiger partial charge in [0.1, 0.15) is 11.6 Å². The molecule has 1 aromatic carbocycles. The van der Waals surface area contributed by atoms with Crippen LogP contribution in [0.4, 0.5) is 0 Å². The summed E-state index contributed by atoms with van der Waals surface area (Å²) in [6, 6.07) is 6.27. The second kappa shape index (κ2) is 9.96. The van der Waals surface area contributed by atoms with Crippen LogP contribution >= 0.6 is 15.9 Å². The highest BCUT2D eigenvalue weighted by Crippen LogP contribution is 2.27. The SMILES string of the molecule is CCCCCCCCCOc1ccc(C2=NCCN2C)cc1Br. The Kier molecular flexibility index (Phi) is 7.93. The molecular weight excluding hydrogens is 352 g/mol. The quantitative estimate of drug-likeness (QED) is 0.516. The average Bonchev–Trinajstić information content (AvgIpc) is 2.97. The molecule has 2 rings (SSSR count). The number of halogens is 1. The Bertz CT molecular complexity index is 516. The third-order valence-corrected chi connectivity index (χ3v) is 4.87. The number of benzene rings is 1. The number of amidine groups is 1. The van der Waals surface area contributed by atoms with Gasteiger partial charge in [-0.25, -0.2) is 0 Å². The number of rotatable bonds is 10. The number of nitrogens with zero attached hydrogens (tertiary/aromatic N) is 2. The first-order valence-electron chi connectivity index (χ1n) is 8.90. The molecular formula is C19H29BrN2O. The fourth-order valence-electron chi connectivity index (χ4n) is 2.84. The van der Waals surface area contributed by atoms with Crippen molar-refractivity contribution < 1.29 is 4.74 Å². The minimum atomic E-state index is 0.798. The standard InChI is InChI=1S/C19H29BrN2O/c1-3-4-5-6-7-8-9-14-23-18-11-10-16(15-17(18)20)19-21-12-13-22(19)2/h10-11,15H,3-9,12-14H2,1-2H3. The van der Waals surface area contributed by atoms with Gasteiger partial charge in [0, 0.05) is 19.2 Å². The predicted octanol–water partition coefficient (Wildman–Crippen LogP) is 5.27. The summed E-state index contributed by atoms with van der Waals surface area (Å²) >= 11 is 3.63. The highest BCUT2D eigenvalue weighted by Gasteiger charge is 2.15. The fraction of sp³-hybridized carbons (Fsp3) is 0.632. The molecule has 0 N–H and O–H groups in total. The summed E-state index contributed by atoms with van der Waals surface area (Å²) in [5, 5.41) is 0. The average molecular weight is 381 g/mol. The third kappa shape index (κ3) is 5.83. The molecule has 3 nitrogen and oxygen atoms in total. The molecule has 1 aliphatic heterocycles. The molecule has 23 heavy (non-hydrogen) atoms. The maximum atomic E-state index is 5.91. The zero-order valence-corrected chi connectivity index (χ0v) is 16.1. The molecule has 0 saturated carbocycles. The zero-order chi connectivity index (χ0) is 16.5. The van der Waals surface area contributed by atoms with E-state index in [1.54, 1.807) is 0 Å². The molecule has 0 radical (unpaired) electrons. The van der Waals surface area contributed by atoms with Crippen LogP contribution in [0, 0.1) is 0 Å². The van der Waals surface area contributed by atoms with Crippen molar-refractivity contribution in [3.05, 3.63) is 28.2 Å². The number of hydrogen-bond acceptors (Lipinski definition) is 3. The Morgan fingerprint density at radius 1 is 1.13 bits per heavy atom. The van der Waals surface area contributed by atoms with E-state index in [4.69, 9.17) is 4.74 Å². The lowest BCUT2D eigenvalue weighted by Gasteiger charge is -2.15. The molecule has 0 atom stereocenters. The van der Waals surface area contributed by atoms with Crippen molar-refractivity contribution in [2.45, 2.75) is 51.9 Å². The van der Waals surface area contributed by atoms with Crippen LogP contribution in [0.15, 0.2) is 27.7 Å². The van der Waals surface area contributed by atoms with Gasteiger partial charge in [-0.15, -0.1) is 0 Å². The number of aliphatic imine (C=N–C) groups is 1. The topological polar surface area (TPSA) is 24.8 Å². The van der Waals surface area contributed by atoms with Gasteiger partial charge in [0.2, 0.25) is 0 Å². The molecule has 0 amide bonds. The molecule has 0 aromatic heterocycles. The molecule has 0 saturated heterocycles. The fourth-order valence-corrected chi connectivity index (χ4v) is 3.34. The Balaban J connectivity index is 1.72. The second-order valence-corrected chi connectivity index (χ2v) is 7.10. The van der Waals surface area contributed by atoms with Gasteiger partial charge in [0.15, 0.2) is 0 Å². The van der Waals surface area contributed by atoms with Crippen LogP contribution in [0.2, 0.25) is 0 Å². The molecule has 0 spiro atoms. The second-order valence-electron chi connectivity index (χ2n) is 6.24. The zero-order valence-electron chi connectivity index (χ0n) is 14.5. The first-order valence-corrected chi connectivity index (χ1v) is 9.70. The monoisotopic (exact) mass is 380 g/mol. The maximum absolute atomic E-state index is 5.91. The summed E-state index contributed by atoms with van der Waals surface area (Å²) in [6.07, 6.45) is 9.16. The van der Waals surface area contributed by atoms with E-state index >= 15 is 0 Å². The predicted molar refractivity (Wildman–Crippen MR) is 102 cm³/mol. The number of unbranched alkanes of at least 4 members (excludes halogenated alkanes) is 6. The van der Waals surface area contributed by atoms with Gasteiger partial charge in [0.05, 0.1) is 17.6 Å². The van der Waals surface area contributed by atoms with Crippen molar-refractivity contribution in [2.24, 2.45) is 4.99 Å². The van der Waals surface area contributed by atoms with Crippen molar-refractivity contribution in [3.8, 4) is 5.75 Å². The Labute approximate surface area is 149 Å². The first-order chi connectivity index (χ1) is 11.2. The number of likely N-dealkylation sites (N-methyl/N-ethyl adjacent to an activating group) is 1. The number of ether oxygens (including phenoxy) is 1. The summed E-state index contributed by atoms with van der Waals surface area (Å²) < 4.78 is 6.92. The maximum Gasteiger partial charge on any atom is 0.133 e. The van der Waals surface area contributed by atoms with Crippen LogP contribution in [0.5, 0.6) is 5.75 Å². The van der Waals surface area contributed by atoms with Crippen molar-refractivity contribution >= 4 is 21.8 Å². The van der Waals surface area contributed by atoms with Crippen molar-refractivity contribution in [3.63, 3.8) is 0 Å². The van der Waals surface area contributed by atoms with Gasteiger partial charge < -0.3 is 9.64 Å². The molecule has 0 unspecified atom stereocenters. The van der Waals surface area contributed by atoms with E-state index in [1.807, 2.05) is 0 Å². The molecule has 1 heterocycles. The summed E-state index contributed by atoms with van der Waals surface area (Å²) in [5.74, 6) is 2.00. The number of hydrogen-bond donors (Lipinski definition) is 0. The van der Waals surface area contributed by atoms with E-state index in [9.17, 15) is 0 Å². The van der Waals surface area contributed by atoms with Gasteiger partial charge in [-0.05, 0) is 40.5 Å². The van der Waals surface area contributed by atoms with E-state index in [-0.39, 0.29) is 0 Å². The normalized spacial score (nSPS) is 14.2. The van der Waals surface area contributed by atoms with Gasteiger partial charge in [-0.2, -0.15) is 0 Å². The lowest BCUT2D eigenvalue weighted by molar-refractivity contribution is 0.302.